The van der Waals surface area contributed by atoms with Crippen LogP contribution in [-0.4, -0.2) is 30.8 Å². The molecule has 1 aliphatic rings. The fourth-order valence-corrected chi connectivity index (χ4v) is 5.45. The summed E-state index contributed by atoms with van der Waals surface area (Å²) in [6, 6.07) is -0.192. The van der Waals surface area contributed by atoms with Crippen LogP contribution in [0.2, 0.25) is 0 Å². The first-order valence-electron chi connectivity index (χ1n) is 9.02. The van der Waals surface area contributed by atoms with Crippen molar-refractivity contribution in [2.45, 2.75) is 77.3 Å². The van der Waals surface area contributed by atoms with Crippen LogP contribution >= 0.6 is 0 Å². The molecule has 1 saturated carbocycles. The Morgan fingerprint density at radius 1 is 1.25 bits per heavy atom. The molecule has 1 aromatic heterocycles. The second-order valence-corrected chi connectivity index (χ2v) is 9.09. The van der Waals surface area contributed by atoms with E-state index in [1.807, 2.05) is 6.92 Å². The minimum absolute atomic E-state index is 0.192. The van der Waals surface area contributed by atoms with Crippen LogP contribution in [0.5, 0.6) is 0 Å². The number of nitrogens with zero attached hydrogens (tertiary/aromatic N) is 2. The number of rotatable bonds is 7. The van der Waals surface area contributed by atoms with Crippen molar-refractivity contribution in [2.24, 2.45) is 17.6 Å². The standard InChI is InChI=1S/C17H32N4O2S/c1-12(2)11-21-14(4)17(13(3)19-21)24(22,23)20-16(10-18)15-8-6-5-7-9-15/h12,15-16,20H,5-11,18H2,1-4H3. The van der Waals surface area contributed by atoms with Gasteiger partial charge in [0.25, 0.3) is 0 Å². The molecule has 3 N–H and O–H groups in total. The monoisotopic (exact) mass is 356 g/mol. The highest BCUT2D eigenvalue weighted by Gasteiger charge is 2.31. The fraction of sp³-hybridized carbons (Fsp3) is 0.824. The summed E-state index contributed by atoms with van der Waals surface area (Å²) in [6.07, 6.45) is 5.66. The molecule has 1 fully saturated rings. The van der Waals surface area contributed by atoms with Gasteiger partial charge in [0.2, 0.25) is 10.0 Å². The molecule has 1 aliphatic carbocycles. The Kier molecular flexibility index (Phi) is 6.45. The largest absolute Gasteiger partial charge is 0.329 e. The highest BCUT2D eigenvalue weighted by atomic mass is 32.2. The van der Waals surface area contributed by atoms with Gasteiger partial charge in [0.15, 0.2) is 0 Å². The summed E-state index contributed by atoms with van der Waals surface area (Å²) in [5.41, 5.74) is 7.15. The normalized spacial score (nSPS) is 18.2. The predicted octanol–water partition coefficient (Wildman–Crippen LogP) is 2.34. The van der Waals surface area contributed by atoms with Gasteiger partial charge in [0, 0.05) is 19.1 Å². The van der Waals surface area contributed by atoms with E-state index in [1.54, 1.807) is 11.6 Å². The smallest absolute Gasteiger partial charge is 0.244 e. The highest BCUT2D eigenvalue weighted by molar-refractivity contribution is 7.89. The Hall–Kier alpha value is -0.920. The van der Waals surface area contributed by atoms with Crippen molar-refractivity contribution in [3.63, 3.8) is 0 Å². The number of aromatic nitrogens is 2. The van der Waals surface area contributed by atoms with Crippen molar-refractivity contribution >= 4 is 10.0 Å². The number of hydrogen-bond acceptors (Lipinski definition) is 4. The van der Waals surface area contributed by atoms with E-state index < -0.39 is 10.0 Å². The third-order valence-corrected chi connectivity index (χ3v) is 6.64. The predicted molar refractivity (Wildman–Crippen MR) is 96.3 cm³/mol. The maximum absolute atomic E-state index is 13.0. The molecule has 1 heterocycles. The molecule has 1 atom stereocenters. The minimum Gasteiger partial charge on any atom is -0.329 e. The van der Waals surface area contributed by atoms with Gasteiger partial charge in [-0.3, -0.25) is 4.68 Å². The van der Waals surface area contributed by atoms with Gasteiger partial charge in [0.05, 0.1) is 11.4 Å². The molecule has 0 saturated heterocycles. The number of hydrogen-bond donors (Lipinski definition) is 2. The van der Waals surface area contributed by atoms with Gasteiger partial charge < -0.3 is 5.73 Å². The molecule has 0 spiro atoms. The van der Waals surface area contributed by atoms with Gasteiger partial charge in [-0.1, -0.05) is 33.1 Å². The maximum Gasteiger partial charge on any atom is 0.244 e. The minimum atomic E-state index is -3.61. The van der Waals surface area contributed by atoms with Crippen molar-refractivity contribution in [1.82, 2.24) is 14.5 Å². The SMILES string of the molecule is Cc1nn(CC(C)C)c(C)c1S(=O)(=O)NC(CN)C1CCCCC1. The van der Waals surface area contributed by atoms with E-state index in [9.17, 15) is 8.42 Å². The van der Waals surface area contributed by atoms with Crippen LogP contribution in [0.15, 0.2) is 4.90 Å². The lowest BCUT2D eigenvalue weighted by molar-refractivity contribution is 0.294. The molecule has 0 radical (unpaired) electrons. The van der Waals surface area contributed by atoms with Gasteiger partial charge in [-0.15, -0.1) is 0 Å². The maximum atomic E-state index is 13.0. The second kappa shape index (κ2) is 7.97. The zero-order chi connectivity index (χ0) is 17.9. The van der Waals surface area contributed by atoms with Crippen LogP contribution in [0, 0.1) is 25.7 Å². The summed E-state index contributed by atoms with van der Waals surface area (Å²) in [4.78, 5) is 0.317. The highest BCUT2D eigenvalue weighted by Crippen LogP contribution is 2.28. The molecular weight excluding hydrogens is 324 g/mol. The van der Waals surface area contributed by atoms with E-state index in [1.165, 1.54) is 6.42 Å². The second-order valence-electron chi connectivity index (χ2n) is 7.44. The van der Waals surface area contributed by atoms with Crippen LogP contribution < -0.4 is 10.5 Å². The van der Waals surface area contributed by atoms with Crippen LogP contribution in [0.4, 0.5) is 0 Å². The first-order chi connectivity index (χ1) is 11.3. The molecule has 7 heteroatoms. The van der Waals surface area contributed by atoms with Crippen LogP contribution in [0.3, 0.4) is 0 Å². The zero-order valence-corrected chi connectivity index (χ0v) is 16.2. The quantitative estimate of drug-likeness (QED) is 0.784. The Morgan fingerprint density at radius 2 is 1.88 bits per heavy atom. The summed E-state index contributed by atoms with van der Waals surface area (Å²) in [6.45, 7) is 8.82. The molecule has 0 amide bonds. The van der Waals surface area contributed by atoms with Gasteiger partial charge >= 0.3 is 0 Å². The molecule has 0 aliphatic heterocycles. The molecule has 6 nitrogen and oxygen atoms in total. The molecule has 138 valence electrons. The first kappa shape index (κ1) is 19.4. The zero-order valence-electron chi connectivity index (χ0n) is 15.4. The molecule has 2 rings (SSSR count). The number of nitrogens with one attached hydrogen (secondary N) is 1. The Morgan fingerprint density at radius 3 is 2.42 bits per heavy atom. The van der Waals surface area contributed by atoms with Crippen molar-refractivity contribution < 1.29 is 8.42 Å². The molecular formula is C17H32N4O2S. The average Bonchev–Trinajstić information content (AvgIpc) is 2.79. The first-order valence-corrected chi connectivity index (χ1v) is 10.5. The molecule has 24 heavy (non-hydrogen) atoms. The molecule has 0 bridgehead atoms. The number of sulfonamides is 1. The average molecular weight is 357 g/mol. The van der Waals surface area contributed by atoms with E-state index in [0.717, 1.165) is 25.7 Å². The van der Waals surface area contributed by atoms with Crippen LogP contribution in [0.25, 0.3) is 0 Å². The molecule has 1 aromatic rings. The van der Waals surface area contributed by atoms with E-state index in [0.29, 0.717) is 41.2 Å². The topological polar surface area (TPSA) is 90.0 Å². The lowest BCUT2D eigenvalue weighted by atomic mass is 9.84. The van der Waals surface area contributed by atoms with Gasteiger partial charge in [-0.05, 0) is 38.5 Å². The Bertz CT molecular complexity index is 646. The van der Waals surface area contributed by atoms with Gasteiger partial charge in [-0.25, -0.2) is 13.1 Å². The summed E-state index contributed by atoms with van der Waals surface area (Å²) in [5, 5.41) is 4.43. The lowest BCUT2D eigenvalue weighted by Crippen LogP contribution is -2.46. The van der Waals surface area contributed by atoms with Crippen molar-refractivity contribution in [3.8, 4) is 0 Å². The van der Waals surface area contributed by atoms with Gasteiger partial charge in [0.1, 0.15) is 4.90 Å². The summed E-state index contributed by atoms with van der Waals surface area (Å²) in [7, 11) is -3.61. The molecule has 1 unspecified atom stereocenters. The molecule has 0 aromatic carbocycles. The van der Waals surface area contributed by atoms with Crippen LogP contribution in [0.1, 0.15) is 57.3 Å². The van der Waals surface area contributed by atoms with E-state index >= 15 is 0 Å². The van der Waals surface area contributed by atoms with Crippen molar-refractivity contribution in [2.75, 3.05) is 6.54 Å². The van der Waals surface area contributed by atoms with Crippen molar-refractivity contribution in [1.29, 1.82) is 0 Å². The summed E-state index contributed by atoms with van der Waals surface area (Å²) in [5.74, 6) is 0.746. The third kappa shape index (κ3) is 4.37. The lowest BCUT2D eigenvalue weighted by Gasteiger charge is -2.29. The van der Waals surface area contributed by atoms with Crippen LogP contribution in [-0.2, 0) is 16.6 Å². The van der Waals surface area contributed by atoms with E-state index in [4.69, 9.17) is 5.73 Å². The van der Waals surface area contributed by atoms with E-state index in [2.05, 4.69) is 23.7 Å². The fourth-order valence-electron chi connectivity index (χ4n) is 3.72. The van der Waals surface area contributed by atoms with Crippen molar-refractivity contribution in [3.05, 3.63) is 11.4 Å². The Labute approximate surface area is 146 Å². The summed E-state index contributed by atoms with van der Waals surface area (Å²) < 4.78 is 30.6. The number of nitrogens with two attached hydrogens (primary N) is 1. The third-order valence-electron chi connectivity index (χ3n) is 4.90. The van der Waals surface area contributed by atoms with E-state index in [-0.39, 0.29) is 6.04 Å². The summed E-state index contributed by atoms with van der Waals surface area (Å²) >= 11 is 0. The van der Waals surface area contributed by atoms with Gasteiger partial charge in [-0.2, -0.15) is 5.10 Å². The number of aryl methyl sites for hydroxylation is 1. The Balaban J connectivity index is 2.24.